The smallest absolute Gasteiger partial charge is 0.311 e. The second-order valence-electron chi connectivity index (χ2n) is 11.8. The number of unbranched alkanes of at least 4 members (excludes halogenated alkanes) is 1. The minimum absolute atomic E-state index is 0.0241. The fraction of sp³-hybridized carbons (Fsp3) is 0.405. The summed E-state index contributed by atoms with van der Waals surface area (Å²) in [7, 11) is 0. The van der Waals surface area contributed by atoms with Crippen molar-refractivity contribution < 1.29 is 28.9 Å². The number of hydrogen-bond donors (Lipinski definition) is 2. The molecule has 0 aromatic heterocycles. The molecule has 2 N–H and O–H groups in total. The van der Waals surface area contributed by atoms with Crippen molar-refractivity contribution in [3.63, 3.8) is 0 Å². The van der Waals surface area contributed by atoms with Crippen LogP contribution in [0.2, 0.25) is 0 Å². The van der Waals surface area contributed by atoms with Gasteiger partial charge in [-0.3, -0.25) is 14.5 Å². The topological polar surface area (TPSA) is 97.3 Å². The molecule has 1 heterocycles. The first kappa shape index (κ1) is 32.6. The van der Waals surface area contributed by atoms with Gasteiger partial charge >= 0.3 is 5.97 Å². The van der Waals surface area contributed by atoms with E-state index in [-0.39, 0.29) is 29.9 Å². The van der Waals surface area contributed by atoms with E-state index in [1.54, 1.807) is 24.3 Å². The number of anilines is 1. The van der Waals surface area contributed by atoms with Gasteiger partial charge in [-0.2, -0.15) is 0 Å². The third-order valence-electron chi connectivity index (χ3n) is 8.51. The van der Waals surface area contributed by atoms with Crippen LogP contribution in [0, 0.1) is 5.92 Å². The minimum atomic E-state index is -0.450. The summed E-state index contributed by atoms with van der Waals surface area (Å²) in [5, 5.41) is 13.9. The number of carbonyl (C=O) groups is 2. The quantitative estimate of drug-likeness (QED) is 0.106. The normalized spacial score (nSPS) is 22.0. The van der Waals surface area contributed by atoms with E-state index in [1.165, 1.54) is 18.1 Å². The van der Waals surface area contributed by atoms with E-state index in [1.807, 2.05) is 18.2 Å². The summed E-state index contributed by atoms with van der Waals surface area (Å²) in [6.07, 6.45) is 6.94. The number of hydrogen-bond acceptors (Lipinski definition) is 7. The number of esters is 1. The predicted molar refractivity (Wildman–Crippen MR) is 175 cm³/mol. The van der Waals surface area contributed by atoms with Gasteiger partial charge in [-0.05, 0) is 60.2 Å². The molecule has 0 radical (unpaired) electrons. The van der Waals surface area contributed by atoms with Crippen molar-refractivity contribution >= 4 is 17.6 Å². The number of nitrogens with zero attached hydrogens (tertiary/aromatic N) is 1. The largest absolute Gasteiger partial charge is 0.427 e. The van der Waals surface area contributed by atoms with E-state index in [0.717, 1.165) is 31.5 Å². The van der Waals surface area contributed by atoms with E-state index in [4.69, 9.17) is 14.2 Å². The molecule has 8 heteroatoms. The van der Waals surface area contributed by atoms with Crippen LogP contribution in [0.15, 0.2) is 91.0 Å². The van der Waals surface area contributed by atoms with Crippen LogP contribution in [0.5, 0.6) is 5.75 Å². The Balaban J connectivity index is 1.12. The second-order valence-corrected chi connectivity index (χ2v) is 11.8. The number of aliphatic hydroxyl groups excluding tert-OH is 1. The van der Waals surface area contributed by atoms with Crippen molar-refractivity contribution in [3.05, 3.63) is 96.6 Å². The fourth-order valence-electron chi connectivity index (χ4n) is 6.28. The number of benzene rings is 3. The zero-order valence-electron chi connectivity index (χ0n) is 26.0. The monoisotopic (exact) mass is 612 g/mol. The standard InChI is InChI=1S/C37H44N2O6/c1-27(40)38-31-17-19-32(20-18-31)45-36(42)12-8-3-2-7-11-33-35(25-34(41)37(33)39-21-23-43-24-22-39)44-26-28-13-15-30(16-14-28)29-9-5-4-6-10-29/h2,4-7,9-10,13-20,33-35,37,41H,3,8,11-12,21-26H2,1H3,(H,38,40)/t33-,34+,35-,37+/m0/s1. The summed E-state index contributed by atoms with van der Waals surface area (Å²) in [5.74, 6) is 0.175. The lowest BCUT2D eigenvalue weighted by atomic mass is 9.94. The van der Waals surface area contributed by atoms with Gasteiger partial charge in [0.15, 0.2) is 0 Å². The number of ether oxygens (including phenoxy) is 3. The van der Waals surface area contributed by atoms with Gasteiger partial charge in [0, 0.05) is 50.5 Å². The summed E-state index contributed by atoms with van der Waals surface area (Å²) in [4.78, 5) is 25.8. The summed E-state index contributed by atoms with van der Waals surface area (Å²) in [5.41, 5.74) is 4.14. The Labute approximate surface area is 266 Å². The Hall–Kier alpha value is -3.82. The molecule has 2 fully saturated rings. The summed E-state index contributed by atoms with van der Waals surface area (Å²) in [6, 6.07) is 25.6. The van der Waals surface area contributed by atoms with Crippen LogP contribution in [0.4, 0.5) is 5.69 Å². The zero-order valence-corrected chi connectivity index (χ0v) is 26.0. The Bertz CT molecular complexity index is 1390. The van der Waals surface area contributed by atoms with Gasteiger partial charge in [-0.1, -0.05) is 66.7 Å². The van der Waals surface area contributed by atoms with Crippen molar-refractivity contribution in [2.75, 3.05) is 31.6 Å². The lowest BCUT2D eigenvalue weighted by molar-refractivity contribution is -0.134. The Kier molecular flexibility index (Phi) is 11.9. The molecule has 1 saturated carbocycles. The minimum Gasteiger partial charge on any atom is -0.427 e. The van der Waals surface area contributed by atoms with Crippen LogP contribution < -0.4 is 10.1 Å². The van der Waals surface area contributed by atoms with E-state index in [2.05, 4.69) is 58.8 Å². The summed E-state index contributed by atoms with van der Waals surface area (Å²) >= 11 is 0. The summed E-state index contributed by atoms with van der Waals surface area (Å²) < 4.78 is 17.5. The predicted octanol–water partition coefficient (Wildman–Crippen LogP) is 6.00. The van der Waals surface area contributed by atoms with Crippen LogP contribution in [0.25, 0.3) is 11.1 Å². The third-order valence-corrected chi connectivity index (χ3v) is 8.51. The molecular formula is C37H44N2O6. The average Bonchev–Trinajstić information content (AvgIpc) is 3.37. The number of nitrogens with one attached hydrogen (secondary N) is 1. The molecule has 8 nitrogen and oxygen atoms in total. The Morgan fingerprint density at radius 2 is 1.67 bits per heavy atom. The Morgan fingerprint density at radius 1 is 0.956 bits per heavy atom. The first-order valence-electron chi connectivity index (χ1n) is 16.0. The maximum Gasteiger partial charge on any atom is 0.311 e. The molecule has 0 unspecified atom stereocenters. The van der Waals surface area contributed by atoms with Gasteiger partial charge in [0.05, 0.1) is 32.0 Å². The number of carbonyl (C=O) groups excluding carboxylic acids is 2. The first-order chi connectivity index (χ1) is 22.0. The molecule has 3 aromatic carbocycles. The number of amides is 1. The maximum atomic E-state index is 12.3. The van der Waals surface area contributed by atoms with Gasteiger partial charge in [0.2, 0.25) is 5.91 Å². The van der Waals surface area contributed by atoms with Crippen molar-refractivity contribution in [2.45, 2.75) is 63.9 Å². The van der Waals surface area contributed by atoms with Gasteiger partial charge in [-0.25, -0.2) is 0 Å². The lowest BCUT2D eigenvalue weighted by Crippen LogP contribution is -2.50. The van der Waals surface area contributed by atoms with E-state index < -0.39 is 6.10 Å². The number of rotatable bonds is 13. The molecule has 45 heavy (non-hydrogen) atoms. The highest BCUT2D eigenvalue weighted by Gasteiger charge is 2.45. The molecule has 3 aromatic rings. The first-order valence-corrected chi connectivity index (χ1v) is 16.0. The number of morpholine rings is 1. The van der Waals surface area contributed by atoms with Crippen LogP contribution >= 0.6 is 0 Å². The maximum absolute atomic E-state index is 12.3. The highest BCUT2D eigenvalue weighted by Crippen LogP contribution is 2.36. The van der Waals surface area contributed by atoms with E-state index in [0.29, 0.717) is 50.5 Å². The molecule has 5 rings (SSSR count). The molecule has 2 aliphatic rings. The molecule has 238 valence electrons. The van der Waals surface area contributed by atoms with Gasteiger partial charge in [0.1, 0.15) is 5.75 Å². The molecule has 0 spiro atoms. The van der Waals surface area contributed by atoms with Crippen LogP contribution in [-0.4, -0.2) is 66.4 Å². The fourth-order valence-corrected chi connectivity index (χ4v) is 6.28. The molecule has 1 aliphatic heterocycles. The highest BCUT2D eigenvalue weighted by atomic mass is 16.5. The second kappa shape index (κ2) is 16.5. The molecule has 4 atom stereocenters. The van der Waals surface area contributed by atoms with Crippen LogP contribution in [-0.2, 0) is 25.7 Å². The van der Waals surface area contributed by atoms with Gasteiger partial charge in [-0.15, -0.1) is 0 Å². The summed E-state index contributed by atoms with van der Waals surface area (Å²) in [6.45, 7) is 4.94. The van der Waals surface area contributed by atoms with Gasteiger partial charge in [0.25, 0.3) is 0 Å². The van der Waals surface area contributed by atoms with Crippen LogP contribution in [0.3, 0.4) is 0 Å². The SMILES string of the molecule is CC(=O)Nc1ccc(OC(=O)CCCC=CC[C@@H]2[C@@H](N3CCOCC3)[C@H](O)C[C@@H]2OCc2ccc(-c3ccccc3)cc2)cc1. The van der Waals surface area contributed by atoms with Crippen molar-refractivity contribution in [1.82, 2.24) is 4.90 Å². The molecular weight excluding hydrogens is 568 g/mol. The number of aliphatic hydroxyl groups is 1. The van der Waals surface area contributed by atoms with Crippen molar-refractivity contribution in [2.24, 2.45) is 5.92 Å². The van der Waals surface area contributed by atoms with E-state index >= 15 is 0 Å². The average molecular weight is 613 g/mol. The highest BCUT2D eigenvalue weighted by molar-refractivity contribution is 5.88. The molecule has 1 saturated heterocycles. The molecule has 0 bridgehead atoms. The van der Waals surface area contributed by atoms with E-state index in [9.17, 15) is 14.7 Å². The van der Waals surface area contributed by atoms with Crippen molar-refractivity contribution in [3.8, 4) is 16.9 Å². The van der Waals surface area contributed by atoms with Crippen LogP contribution in [0.1, 0.15) is 44.6 Å². The lowest BCUT2D eigenvalue weighted by Gasteiger charge is -2.37. The molecule has 1 aliphatic carbocycles. The molecule has 1 amide bonds. The zero-order chi connectivity index (χ0) is 31.4. The third kappa shape index (κ3) is 9.58. The Morgan fingerprint density at radius 3 is 2.38 bits per heavy atom. The van der Waals surface area contributed by atoms with Gasteiger partial charge < -0.3 is 24.6 Å². The number of allylic oxidation sites excluding steroid dienone is 2. The van der Waals surface area contributed by atoms with Crippen molar-refractivity contribution in [1.29, 1.82) is 0 Å².